The number of alkyl halides is 3. The molecule has 0 saturated heterocycles. The van der Waals surface area contributed by atoms with Gasteiger partial charge in [0.15, 0.2) is 5.65 Å². The number of hydrogen-bond donors (Lipinski definition) is 1. The molecule has 0 aliphatic heterocycles. The molecule has 0 radical (unpaired) electrons. The van der Waals surface area contributed by atoms with Gasteiger partial charge >= 0.3 is 6.18 Å². The van der Waals surface area contributed by atoms with Crippen molar-refractivity contribution in [1.82, 2.24) is 14.6 Å². The first-order valence-corrected chi connectivity index (χ1v) is 6.15. The average molecular weight is 296 g/mol. The van der Waals surface area contributed by atoms with Crippen LogP contribution in [-0.2, 0) is 6.18 Å². The fourth-order valence-corrected chi connectivity index (χ4v) is 2.02. The number of halogens is 3. The highest BCUT2D eigenvalue weighted by molar-refractivity contribution is 5.53. The van der Waals surface area contributed by atoms with Crippen LogP contribution >= 0.6 is 0 Å². The Balaban J connectivity index is 2.02. The van der Waals surface area contributed by atoms with Crippen molar-refractivity contribution in [3.8, 4) is 0 Å². The molecule has 5 nitrogen and oxygen atoms in total. The second kappa shape index (κ2) is 4.80. The van der Waals surface area contributed by atoms with E-state index in [0.717, 1.165) is 17.7 Å². The summed E-state index contributed by atoms with van der Waals surface area (Å²) >= 11 is 0. The molecule has 0 bridgehead atoms. The van der Waals surface area contributed by atoms with Crippen molar-refractivity contribution in [2.75, 3.05) is 5.32 Å². The molecule has 0 spiro atoms. The lowest BCUT2D eigenvalue weighted by atomic mass is 10.2. The normalized spacial score (nSPS) is 13.5. The van der Waals surface area contributed by atoms with E-state index in [4.69, 9.17) is 4.42 Å². The standard InChI is InChI=1S/C13H11F3N4O/c1-8(9-2-3-21-6-9)19-12-5-10(13(14,15)16)4-11-17-7-18-20(11)12/h2-8,19H,1H3/t8-/m0/s1. The van der Waals surface area contributed by atoms with Gasteiger partial charge in [0.25, 0.3) is 0 Å². The minimum Gasteiger partial charge on any atom is -0.472 e. The third-order valence-electron chi connectivity index (χ3n) is 3.11. The first kappa shape index (κ1) is 13.5. The van der Waals surface area contributed by atoms with Gasteiger partial charge in [-0.25, -0.2) is 4.98 Å². The fourth-order valence-electron chi connectivity index (χ4n) is 2.02. The van der Waals surface area contributed by atoms with Gasteiger partial charge in [-0.2, -0.15) is 22.8 Å². The van der Waals surface area contributed by atoms with Crippen LogP contribution in [0.2, 0.25) is 0 Å². The Morgan fingerprint density at radius 2 is 2.14 bits per heavy atom. The minimum absolute atomic E-state index is 0.131. The predicted molar refractivity (Wildman–Crippen MR) is 68.7 cm³/mol. The van der Waals surface area contributed by atoms with Crippen molar-refractivity contribution in [1.29, 1.82) is 0 Å². The van der Waals surface area contributed by atoms with E-state index >= 15 is 0 Å². The number of nitrogens with zero attached hydrogens (tertiary/aromatic N) is 3. The topological polar surface area (TPSA) is 55.4 Å². The Labute approximate surface area is 117 Å². The molecule has 3 aromatic rings. The fraction of sp³-hybridized carbons (Fsp3) is 0.231. The molecule has 0 amide bonds. The van der Waals surface area contributed by atoms with Crippen LogP contribution in [0.1, 0.15) is 24.1 Å². The van der Waals surface area contributed by atoms with Crippen LogP contribution in [0.4, 0.5) is 19.0 Å². The molecular weight excluding hydrogens is 285 g/mol. The minimum atomic E-state index is -4.44. The Bertz CT molecular complexity index is 748. The van der Waals surface area contributed by atoms with Crippen molar-refractivity contribution in [3.63, 3.8) is 0 Å². The van der Waals surface area contributed by atoms with E-state index in [9.17, 15) is 13.2 Å². The van der Waals surface area contributed by atoms with Gasteiger partial charge < -0.3 is 9.73 Å². The number of hydrogen-bond acceptors (Lipinski definition) is 4. The number of fused-ring (bicyclic) bond motifs is 1. The van der Waals surface area contributed by atoms with Crippen molar-refractivity contribution < 1.29 is 17.6 Å². The summed E-state index contributed by atoms with van der Waals surface area (Å²) in [6, 6.07) is 3.47. The molecule has 110 valence electrons. The molecule has 8 heteroatoms. The van der Waals surface area contributed by atoms with Crippen LogP contribution in [-0.4, -0.2) is 14.6 Å². The Hall–Kier alpha value is -2.51. The van der Waals surface area contributed by atoms with Crippen LogP contribution in [0.3, 0.4) is 0 Å². The summed E-state index contributed by atoms with van der Waals surface area (Å²) in [6.45, 7) is 1.81. The first-order chi connectivity index (χ1) is 9.95. The summed E-state index contributed by atoms with van der Waals surface area (Å²) in [4.78, 5) is 3.82. The van der Waals surface area contributed by atoms with E-state index in [0.29, 0.717) is 0 Å². The van der Waals surface area contributed by atoms with E-state index < -0.39 is 11.7 Å². The lowest BCUT2D eigenvalue weighted by Crippen LogP contribution is -2.13. The Morgan fingerprint density at radius 3 is 2.81 bits per heavy atom. The van der Waals surface area contributed by atoms with Crippen molar-refractivity contribution in [2.45, 2.75) is 19.1 Å². The Morgan fingerprint density at radius 1 is 1.33 bits per heavy atom. The van der Waals surface area contributed by atoms with Gasteiger partial charge in [0.2, 0.25) is 0 Å². The van der Waals surface area contributed by atoms with E-state index in [-0.39, 0.29) is 17.5 Å². The Kier molecular flexibility index (Phi) is 3.08. The second-order valence-corrected chi connectivity index (χ2v) is 4.58. The zero-order valence-corrected chi connectivity index (χ0v) is 10.9. The summed E-state index contributed by atoms with van der Waals surface area (Å²) in [7, 11) is 0. The largest absolute Gasteiger partial charge is 0.472 e. The maximum absolute atomic E-state index is 12.9. The molecule has 0 aliphatic rings. The van der Waals surface area contributed by atoms with E-state index in [1.807, 2.05) is 6.92 Å². The van der Waals surface area contributed by atoms with Gasteiger partial charge in [0.1, 0.15) is 12.1 Å². The van der Waals surface area contributed by atoms with E-state index in [1.165, 1.54) is 23.4 Å². The van der Waals surface area contributed by atoms with Gasteiger partial charge in [-0.15, -0.1) is 0 Å². The van der Waals surface area contributed by atoms with Crippen LogP contribution < -0.4 is 5.32 Å². The molecular formula is C13H11F3N4O. The molecule has 3 heterocycles. The third-order valence-corrected chi connectivity index (χ3v) is 3.11. The monoisotopic (exact) mass is 296 g/mol. The summed E-state index contributed by atoms with van der Waals surface area (Å²) in [5.41, 5.74) is 0.178. The highest BCUT2D eigenvalue weighted by Crippen LogP contribution is 2.32. The molecule has 3 rings (SSSR count). The molecule has 0 aliphatic carbocycles. The third kappa shape index (κ3) is 2.56. The van der Waals surface area contributed by atoms with E-state index in [2.05, 4.69) is 15.4 Å². The average Bonchev–Trinajstić information content (AvgIpc) is 3.08. The molecule has 1 N–H and O–H groups in total. The molecule has 0 unspecified atom stereocenters. The van der Waals surface area contributed by atoms with Gasteiger partial charge in [-0.3, -0.25) is 0 Å². The quantitative estimate of drug-likeness (QED) is 0.803. The second-order valence-electron chi connectivity index (χ2n) is 4.58. The summed E-state index contributed by atoms with van der Waals surface area (Å²) in [5, 5.41) is 6.91. The maximum Gasteiger partial charge on any atom is 0.416 e. The zero-order chi connectivity index (χ0) is 15.0. The van der Waals surface area contributed by atoms with Crippen LogP contribution in [0, 0.1) is 0 Å². The summed E-state index contributed by atoms with van der Waals surface area (Å²) < 4.78 is 45.0. The molecule has 0 aromatic carbocycles. The number of pyridine rings is 1. The molecule has 1 atom stereocenters. The number of furan rings is 1. The van der Waals surface area contributed by atoms with Crippen molar-refractivity contribution in [2.24, 2.45) is 0 Å². The molecule has 0 fully saturated rings. The number of aromatic nitrogens is 3. The number of anilines is 1. The highest BCUT2D eigenvalue weighted by Gasteiger charge is 2.32. The number of rotatable bonds is 3. The number of nitrogens with one attached hydrogen (secondary N) is 1. The van der Waals surface area contributed by atoms with Gasteiger partial charge in [0.05, 0.1) is 24.1 Å². The lowest BCUT2D eigenvalue weighted by Gasteiger charge is -2.16. The van der Waals surface area contributed by atoms with Crippen LogP contribution in [0.5, 0.6) is 0 Å². The van der Waals surface area contributed by atoms with Crippen LogP contribution in [0.25, 0.3) is 5.65 Å². The predicted octanol–water partition coefficient (Wildman–Crippen LogP) is 3.51. The van der Waals surface area contributed by atoms with Crippen LogP contribution in [0.15, 0.2) is 41.5 Å². The lowest BCUT2D eigenvalue weighted by molar-refractivity contribution is -0.137. The van der Waals surface area contributed by atoms with Gasteiger partial charge in [0, 0.05) is 5.56 Å². The summed E-state index contributed by atoms with van der Waals surface area (Å²) in [6.07, 6.45) is -0.194. The van der Waals surface area contributed by atoms with E-state index in [1.54, 1.807) is 6.07 Å². The van der Waals surface area contributed by atoms with Gasteiger partial charge in [-0.1, -0.05) is 0 Å². The molecule has 0 saturated carbocycles. The smallest absolute Gasteiger partial charge is 0.416 e. The zero-order valence-electron chi connectivity index (χ0n) is 10.9. The molecule has 21 heavy (non-hydrogen) atoms. The SMILES string of the molecule is C[C@H](Nc1cc(C(F)(F)F)cc2ncnn12)c1ccoc1. The molecule has 3 aromatic heterocycles. The van der Waals surface area contributed by atoms with Gasteiger partial charge in [-0.05, 0) is 25.1 Å². The maximum atomic E-state index is 12.9. The first-order valence-electron chi connectivity index (χ1n) is 6.15. The summed E-state index contributed by atoms with van der Waals surface area (Å²) in [5.74, 6) is 0.214. The highest BCUT2D eigenvalue weighted by atomic mass is 19.4. The van der Waals surface area contributed by atoms with Crippen molar-refractivity contribution >= 4 is 11.5 Å². The van der Waals surface area contributed by atoms with Crippen molar-refractivity contribution in [3.05, 3.63) is 48.2 Å².